The van der Waals surface area contributed by atoms with E-state index in [0.717, 1.165) is 12.2 Å². The number of hydrogen-bond acceptors (Lipinski definition) is 4. The van der Waals surface area contributed by atoms with E-state index >= 15 is 0 Å². The lowest BCUT2D eigenvalue weighted by Gasteiger charge is -2.21. The number of hydrogen-bond donors (Lipinski definition) is 2. The van der Waals surface area contributed by atoms with Crippen LogP contribution < -0.4 is 0 Å². The topological polar surface area (TPSA) is 112 Å². The number of imide groups is 1. The molecular formula is C10H11NO6. The minimum absolute atomic E-state index is 0.0687. The molecule has 2 N–H and O–H groups in total. The largest absolute Gasteiger partial charge is 0.481 e. The van der Waals surface area contributed by atoms with Crippen molar-refractivity contribution in [1.29, 1.82) is 0 Å². The van der Waals surface area contributed by atoms with Crippen LogP contribution in [0.4, 0.5) is 0 Å². The van der Waals surface area contributed by atoms with Crippen molar-refractivity contribution in [3.05, 3.63) is 12.2 Å². The smallest absolute Gasteiger partial charge is 0.326 e. The van der Waals surface area contributed by atoms with Crippen molar-refractivity contribution in [2.45, 2.75) is 25.3 Å². The molecule has 92 valence electrons. The zero-order chi connectivity index (χ0) is 13.0. The molecule has 0 spiro atoms. The van der Waals surface area contributed by atoms with Gasteiger partial charge in [0.25, 0.3) is 11.8 Å². The van der Waals surface area contributed by atoms with Gasteiger partial charge in [0.1, 0.15) is 6.04 Å². The van der Waals surface area contributed by atoms with Crippen molar-refractivity contribution in [2.24, 2.45) is 0 Å². The van der Waals surface area contributed by atoms with Gasteiger partial charge in [-0.15, -0.1) is 0 Å². The SMILES string of the molecule is O=C(O)CCCC(C(=O)O)N1C(=O)C=CC1=O. The first-order chi connectivity index (χ1) is 7.93. The van der Waals surface area contributed by atoms with Crippen LogP contribution in [0, 0.1) is 0 Å². The molecule has 1 rings (SSSR count). The Hall–Kier alpha value is -2.18. The van der Waals surface area contributed by atoms with Gasteiger partial charge in [0.2, 0.25) is 0 Å². The molecule has 7 heteroatoms. The summed E-state index contributed by atoms with van der Waals surface area (Å²) >= 11 is 0. The number of carbonyl (C=O) groups excluding carboxylic acids is 2. The third kappa shape index (κ3) is 3.13. The fourth-order valence-corrected chi connectivity index (χ4v) is 1.53. The number of carboxylic acid groups (broad SMARTS) is 2. The minimum Gasteiger partial charge on any atom is -0.481 e. The van der Waals surface area contributed by atoms with E-state index in [1.807, 2.05) is 0 Å². The number of aliphatic carboxylic acids is 2. The summed E-state index contributed by atoms with van der Waals surface area (Å²) in [5.74, 6) is -3.73. The van der Waals surface area contributed by atoms with Crippen molar-refractivity contribution in [3.63, 3.8) is 0 Å². The summed E-state index contributed by atoms with van der Waals surface area (Å²) in [5, 5.41) is 17.3. The van der Waals surface area contributed by atoms with Gasteiger partial charge >= 0.3 is 11.9 Å². The molecule has 0 radical (unpaired) electrons. The van der Waals surface area contributed by atoms with Gasteiger partial charge < -0.3 is 10.2 Å². The highest BCUT2D eigenvalue weighted by molar-refractivity contribution is 6.14. The number of rotatable bonds is 6. The second-order valence-electron chi connectivity index (χ2n) is 3.52. The molecule has 17 heavy (non-hydrogen) atoms. The van der Waals surface area contributed by atoms with Gasteiger partial charge in [0.15, 0.2) is 0 Å². The van der Waals surface area contributed by atoms with Crippen LogP contribution in [0.5, 0.6) is 0 Å². The normalized spacial score (nSPS) is 16.4. The zero-order valence-corrected chi connectivity index (χ0v) is 8.83. The number of carbonyl (C=O) groups is 4. The highest BCUT2D eigenvalue weighted by Crippen LogP contribution is 2.15. The minimum atomic E-state index is -1.32. The second-order valence-corrected chi connectivity index (χ2v) is 3.52. The molecule has 1 aliphatic rings. The Morgan fingerprint density at radius 3 is 2.12 bits per heavy atom. The average Bonchev–Trinajstić information content (AvgIpc) is 2.54. The molecule has 0 saturated heterocycles. The lowest BCUT2D eigenvalue weighted by Crippen LogP contribution is -2.45. The maximum Gasteiger partial charge on any atom is 0.326 e. The number of nitrogens with zero attached hydrogens (tertiary/aromatic N) is 1. The Morgan fingerprint density at radius 1 is 1.18 bits per heavy atom. The fraction of sp³-hybridized carbons (Fsp3) is 0.400. The summed E-state index contributed by atoms with van der Waals surface area (Å²) in [6.07, 6.45) is 1.81. The molecule has 0 fully saturated rings. The number of carboxylic acids is 2. The molecule has 1 atom stereocenters. The first kappa shape index (κ1) is 12.9. The van der Waals surface area contributed by atoms with E-state index in [9.17, 15) is 19.2 Å². The first-order valence-electron chi connectivity index (χ1n) is 4.93. The summed E-state index contributed by atoms with van der Waals surface area (Å²) in [5.41, 5.74) is 0. The van der Waals surface area contributed by atoms with E-state index in [1.54, 1.807) is 0 Å². The van der Waals surface area contributed by atoms with Gasteiger partial charge in [-0.1, -0.05) is 0 Å². The quantitative estimate of drug-likeness (QED) is 0.613. The van der Waals surface area contributed by atoms with E-state index in [2.05, 4.69) is 0 Å². The third-order valence-electron chi connectivity index (χ3n) is 2.31. The van der Waals surface area contributed by atoms with Crippen LogP contribution in [0.15, 0.2) is 12.2 Å². The monoisotopic (exact) mass is 241 g/mol. The van der Waals surface area contributed by atoms with Gasteiger partial charge in [-0.05, 0) is 12.8 Å². The summed E-state index contributed by atoms with van der Waals surface area (Å²) < 4.78 is 0. The molecule has 0 saturated carbocycles. The van der Waals surface area contributed by atoms with Gasteiger partial charge in [-0.25, -0.2) is 4.79 Å². The molecule has 1 heterocycles. The van der Waals surface area contributed by atoms with E-state index in [0.29, 0.717) is 4.90 Å². The molecular weight excluding hydrogens is 230 g/mol. The molecule has 1 aliphatic heterocycles. The van der Waals surface area contributed by atoms with Crippen molar-refractivity contribution < 1.29 is 29.4 Å². The standard InChI is InChI=1S/C10H11NO6/c12-7-4-5-8(13)11(7)6(10(16)17)2-1-3-9(14)15/h4-6H,1-3H2,(H,14,15)(H,16,17). The summed E-state index contributed by atoms with van der Waals surface area (Å²) in [4.78, 5) is 44.4. The van der Waals surface area contributed by atoms with Crippen molar-refractivity contribution in [1.82, 2.24) is 4.90 Å². The Kier molecular flexibility index (Phi) is 3.97. The summed E-state index contributed by atoms with van der Waals surface area (Å²) in [6.45, 7) is 0. The van der Waals surface area contributed by atoms with Crippen LogP contribution in [0.1, 0.15) is 19.3 Å². The van der Waals surface area contributed by atoms with E-state index in [1.165, 1.54) is 0 Å². The molecule has 7 nitrogen and oxygen atoms in total. The van der Waals surface area contributed by atoms with E-state index < -0.39 is 29.8 Å². The highest BCUT2D eigenvalue weighted by atomic mass is 16.4. The predicted octanol–water partition coefficient (Wildman–Crippen LogP) is -0.380. The van der Waals surface area contributed by atoms with Gasteiger partial charge in [-0.3, -0.25) is 19.3 Å². The average molecular weight is 241 g/mol. The Morgan fingerprint density at radius 2 is 1.71 bits per heavy atom. The Labute approximate surface area is 96.3 Å². The van der Waals surface area contributed by atoms with Crippen LogP contribution >= 0.6 is 0 Å². The first-order valence-corrected chi connectivity index (χ1v) is 4.93. The molecule has 2 amide bonds. The summed E-state index contributed by atoms with van der Waals surface area (Å²) in [7, 11) is 0. The van der Waals surface area contributed by atoms with Gasteiger partial charge in [0, 0.05) is 18.6 Å². The van der Waals surface area contributed by atoms with E-state index in [4.69, 9.17) is 10.2 Å². The second kappa shape index (κ2) is 5.24. The molecule has 0 bridgehead atoms. The van der Waals surface area contributed by atoms with Crippen molar-refractivity contribution >= 4 is 23.8 Å². The zero-order valence-electron chi connectivity index (χ0n) is 8.83. The van der Waals surface area contributed by atoms with Crippen LogP contribution in [0.2, 0.25) is 0 Å². The highest BCUT2D eigenvalue weighted by Gasteiger charge is 2.35. The van der Waals surface area contributed by atoms with Crippen LogP contribution in [-0.2, 0) is 19.2 Å². The Bertz CT molecular complexity index is 382. The maximum atomic E-state index is 11.3. The van der Waals surface area contributed by atoms with Crippen molar-refractivity contribution in [2.75, 3.05) is 0 Å². The fourth-order valence-electron chi connectivity index (χ4n) is 1.53. The van der Waals surface area contributed by atoms with Crippen molar-refractivity contribution in [3.8, 4) is 0 Å². The van der Waals surface area contributed by atoms with Crippen LogP contribution in [-0.4, -0.2) is 44.9 Å². The molecule has 0 aliphatic carbocycles. The predicted molar refractivity (Wildman–Crippen MR) is 53.9 cm³/mol. The van der Waals surface area contributed by atoms with Crippen LogP contribution in [0.25, 0.3) is 0 Å². The summed E-state index contributed by atoms with van der Waals surface area (Å²) in [6, 6.07) is -1.30. The maximum absolute atomic E-state index is 11.3. The molecule has 0 aromatic carbocycles. The number of amides is 2. The lowest BCUT2D eigenvalue weighted by molar-refractivity contribution is -0.153. The molecule has 1 unspecified atom stereocenters. The van der Waals surface area contributed by atoms with Crippen LogP contribution in [0.3, 0.4) is 0 Å². The molecule has 0 aromatic rings. The third-order valence-corrected chi connectivity index (χ3v) is 2.31. The van der Waals surface area contributed by atoms with Gasteiger partial charge in [-0.2, -0.15) is 0 Å². The van der Waals surface area contributed by atoms with E-state index in [-0.39, 0.29) is 19.3 Å². The molecule has 0 aromatic heterocycles. The Balaban J connectivity index is 2.66. The lowest BCUT2D eigenvalue weighted by atomic mass is 10.1. The van der Waals surface area contributed by atoms with Gasteiger partial charge in [0.05, 0.1) is 0 Å².